The molecule has 2 aromatic heterocycles. The van der Waals surface area contributed by atoms with Crippen molar-refractivity contribution in [2.45, 2.75) is 19.9 Å². The first kappa shape index (κ1) is 16.6. The number of alkyl halides is 2. The zero-order chi connectivity index (χ0) is 18.1. The van der Waals surface area contributed by atoms with Crippen LogP contribution in [0.3, 0.4) is 0 Å². The molecule has 0 unspecified atom stereocenters. The first-order valence-corrected chi connectivity index (χ1v) is 7.27. The number of hydrogen-bond acceptors (Lipinski definition) is 5. The molecule has 0 saturated carbocycles. The summed E-state index contributed by atoms with van der Waals surface area (Å²) in [5.74, 6) is -0.610. The molecular formula is C16H14F2N4O3. The molecule has 3 aromatic rings. The first-order chi connectivity index (χ1) is 11.9. The molecule has 9 heteroatoms. The van der Waals surface area contributed by atoms with E-state index in [0.717, 1.165) is 0 Å². The van der Waals surface area contributed by atoms with Crippen molar-refractivity contribution in [1.82, 2.24) is 14.9 Å². The van der Waals surface area contributed by atoms with E-state index in [0.29, 0.717) is 17.0 Å². The van der Waals surface area contributed by atoms with E-state index >= 15 is 0 Å². The van der Waals surface area contributed by atoms with Gasteiger partial charge >= 0.3 is 0 Å². The maximum atomic E-state index is 13.0. The van der Waals surface area contributed by atoms with E-state index in [-0.39, 0.29) is 23.6 Å². The third kappa shape index (κ3) is 3.08. The van der Waals surface area contributed by atoms with Crippen LogP contribution in [0.1, 0.15) is 33.9 Å². The number of hydrogen-bond donors (Lipinski definition) is 2. The van der Waals surface area contributed by atoms with E-state index in [4.69, 9.17) is 10.3 Å². The minimum atomic E-state index is -2.92. The Bertz CT molecular complexity index is 933. The summed E-state index contributed by atoms with van der Waals surface area (Å²) in [5.41, 5.74) is 5.29. The van der Waals surface area contributed by atoms with Gasteiger partial charge in [0.2, 0.25) is 0 Å². The van der Waals surface area contributed by atoms with Gasteiger partial charge in [0.1, 0.15) is 23.7 Å². The van der Waals surface area contributed by atoms with Crippen molar-refractivity contribution >= 4 is 5.91 Å². The Kier molecular flexibility index (Phi) is 4.22. The van der Waals surface area contributed by atoms with Crippen molar-refractivity contribution in [3.8, 4) is 17.0 Å². The highest BCUT2D eigenvalue weighted by molar-refractivity contribution is 5.95. The summed E-state index contributed by atoms with van der Waals surface area (Å²) in [6.45, 7) is 1.46. The molecule has 25 heavy (non-hydrogen) atoms. The molecule has 0 spiro atoms. The van der Waals surface area contributed by atoms with Gasteiger partial charge in [0.25, 0.3) is 12.3 Å². The largest absolute Gasteiger partial charge is 0.507 e. The highest BCUT2D eigenvalue weighted by atomic mass is 19.3. The number of aromatic hydroxyl groups is 1. The van der Waals surface area contributed by atoms with Crippen LogP contribution in [0.15, 0.2) is 34.9 Å². The number of phenolic OH excluding ortho intramolecular Hbond substituents is 1. The molecule has 2 heterocycles. The number of benzene rings is 1. The number of aromatic nitrogens is 3. The molecule has 0 radical (unpaired) electrons. The monoisotopic (exact) mass is 348 g/mol. The lowest BCUT2D eigenvalue weighted by molar-refractivity contribution is 0.0984. The van der Waals surface area contributed by atoms with Gasteiger partial charge in [-0.15, -0.1) is 0 Å². The molecule has 130 valence electrons. The van der Waals surface area contributed by atoms with Crippen molar-refractivity contribution in [3.63, 3.8) is 0 Å². The molecule has 1 aromatic carbocycles. The number of carbonyl (C=O) groups is 1. The van der Waals surface area contributed by atoms with Crippen LogP contribution in [0.2, 0.25) is 0 Å². The lowest BCUT2D eigenvalue weighted by Crippen LogP contribution is -2.14. The zero-order valence-corrected chi connectivity index (χ0v) is 13.1. The fraction of sp³-hybridized carbons (Fsp3) is 0.188. The molecule has 0 fully saturated rings. The van der Waals surface area contributed by atoms with E-state index < -0.39 is 18.0 Å². The average Bonchev–Trinajstić information content (AvgIpc) is 3.13. The molecule has 3 N–H and O–H groups in total. The van der Waals surface area contributed by atoms with Gasteiger partial charge in [-0.2, -0.15) is 5.10 Å². The van der Waals surface area contributed by atoms with Crippen molar-refractivity contribution in [2.24, 2.45) is 5.73 Å². The van der Waals surface area contributed by atoms with E-state index in [1.165, 1.54) is 17.7 Å². The molecular weight excluding hydrogens is 334 g/mol. The van der Waals surface area contributed by atoms with Crippen LogP contribution in [-0.2, 0) is 6.54 Å². The van der Waals surface area contributed by atoms with E-state index in [1.807, 2.05) is 0 Å². The molecule has 0 saturated heterocycles. The van der Waals surface area contributed by atoms with E-state index in [2.05, 4.69) is 10.3 Å². The predicted octanol–water partition coefficient (Wildman–Crippen LogP) is 2.64. The number of nitrogens with zero attached hydrogens (tertiary/aromatic N) is 3. The summed E-state index contributed by atoms with van der Waals surface area (Å²) in [6.07, 6.45) is -2.92. The third-order valence-corrected chi connectivity index (χ3v) is 3.73. The molecule has 0 aliphatic heterocycles. The van der Waals surface area contributed by atoms with Crippen LogP contribution in [-0.4, -0.2) is 26.0 Å². The van der Waals surface area contributed by atoms with E-state index in [1.54, 1.807) is 24.3 Å². The average molecular weight is 348 g/mol. The van der Waals surface area contributed by atoms with Crippen molar-refractivity contribution in [2.75, 3.05) is 0 Å². The van der Waals surface area contributed by atoms with Crippen molar-refractivity contribution in [1.29, 1.82) is 0 Å². The summed E-state index contributed by atoms with van der Waals surface area (Å²) >= 11 is 0. The number of carbonyl (C=O) groups excluding carboxylic acids is 1. The highest BCUT2D eigenvalue weighted by Crippen LogP contribution is 2.29. The van der Waals surface area contributed by atoms with Crippen LogP contribution in [0.5, 0.6) is 5.75 Å². The smallest absolute Gasteiger partial charge is 0.282 e. The standard InChI is InChI=1S/C16H14F2N4O3/c1-8-13(16(19)24)14(15(17)18)20-22(8)7-9-6-11(21-25-9)10-4-2-3-5-12(10)23/h2-6,15,23H,7H2,1H3,(H2,19,24). The number of halogens is 2. The number of amides is 1. The number of primary amides is 1. The second-order valence-corrected chi connectivity index (χ2v) is 5.36. The maximum Gasteiger partial charge on any atom is 0.282 e. The van der Waals surface area contributed by atoms with E-state index in [9.17, 15) is 18.7 Å². The summed E-state index contributed by atoms with van der Waals surface area (Å²) < 4.78 is 32.5. The SMILES string of the molecule is Cc1c(C(N)=O)c(C(F)F)nn1Cc1cc(-c2ccccc2O)no1. The predicted molar refractivity (Wildman–Crippen MR) is 83.1 cm³/mol. The van der Waals surface area contributed by atoms with Gasteiger partial charge in [-0.1, -0.05) is 17.3 Å². The quantitative estimate of drug-likeness (QED) is 0.737. The van der Waals surface area contributed by atoms with Gasteiger partial charge in [0.15, 0.2) is 5.76 Å². The normalized spacial score (nSPS) is 11.2. The Morgan fingerprint density at radius 2 is 2.12 bits per heavy atom. The molecule has 0 aliphatic rings. The van der Waals surface area contributed by atoms with Crippen LogP contribution >= 0.6 is 0 Å². The van der Waals surface area contributed by atoms with Crippen molar-refractivity contribution < 1.29 is 23.2 Å². The molecule has 1 amide bonds. The highest BCUT2D eigenvalue weighted by Gasteiger charge is 2.26. The summed E-state index contributed by atoms with van der Waals surface area (Å²) in [4.78, 5) is 11.4. The Hall–Kier alpha value is -3.23. The molecule has 0 bridgehead atoms. The number of nitrogens with two attached hydrogens (primary N) is 1. The topological polar surface area (TPSA) is 107 Å². The van der Waals surface area contributed by atoms with Gasteiger partial charge in [-0.25, -0.2) is 8.78 Å². The fourth-order valence-electron chi connectivity index (χ4n) is 2.53. The summed E-state index contributed by atoms with van der Waals surface area (Å²) in [6, 6.07) is 8.13. The Labute approximate surface area is 140 Å². The zero-order valence-electron chi connectivity index (χ0n) is 13.1. The lowest BCUT2D eigenvalue weighted by Gasteiger charge is -2.01. The Morgan fingerprint density at radius 3 is 2.72 bits per heavy atom. The van der Waals surface area contributed by atoms with Crippen molar-refractivity contribution in [3.05, 3.63) is 53.0 Å². The minimum Gasteiger partial charge on any atom is -0.507 e. The Morgan fingerprint density at radius 1 is 1.40 bits per heavy atom. The van der Waals surface area contributed by atoms with Gasteiger partial charge in [0.05, 0.1) is 5.56 Å². The van der Waals surface area contributed by atoms with Crippen LogP contribution in [0.25, 0.3) is 11.3 Å². The van der Waals surface area contributed by atoms with Crippen LogP contribution in [0.4, 0.5) is 8.78 Å². The van der Waals surface area contributed by atoms with Gasteiger partial charge < -0.3 is 15.4 Å². The molecule has 0 atom stereocenters. The van der Waals surface area contributed by atoms with Crippen LogP contribution in [0, 0.1) is 6.92 Å². The maximum absolute atomic E-state index is 13.0. The minimum absolute atomic E-state index is 0.0145. The number of rotatable bonds is 5. The molecule has 3 rings (SSSR count). The van der Waals surface area contributed by atoms with Crippen LogP contribution < -0.4 is 5.73 Å². The van der Waals surface area contributed by atoms with Gasteiger partial charge in [-0.3, -0.25) is 9.48 Å². The Balaban J connectivity index is 1.93. The third-order valence-electron chi connectivity index (χ3n) is 3.73. The number of phenols is 1. The second-order valence-electron chi connectivity index (χ2n) is 5.36. The van der Waals surface area contributed by atoms with Gasteiger partial charge in [0, 0.05) is 17.3 Å². The second kappa shape index (κ2) is 6.34. The lowest BCUT2D eigenvalue weighted by atomic mass is 10.1. The fourth-order valence-corrected chi connectivity index (χ4v) is 2.53. The number of para-hydroxylation sites is 1. The first-order valence-electron chi connectivity index (χ1n) is 7.27. The summed E-state index contributed by atoms with van der Waals surface area (Å²) in [7, 11) is 0. The van der Waals surface area contributed by atoms with Gasteiger partial charge in [-0.05, 0) is 19.1 Å². The molecule has 0 aliphatic carbocycles. The molecule has 7 nitrogen and oxygen atoms in total. The summed E-state index contributed by atoms with van der Waals surface area (Å²) in [5, 5.41) is 17.4.